The van der Waals surface area contributed by atoms with E-state index in [0.717, 1.165) is 0 Å². The lowest BCUT2D eigenvalue weighted by molar-refractivity contribution is -0.127. The number of carbonyl (C=O) groups is 1. The summed E-state index contributed by atoms with van der Waals surface area (Å²) in [6.07, 6.45) is -4.63. The Morgan fingerprint density at radius 3 is 1.92 bits per heavy atom. The molecule has 0 unspecified atom stereocenters. The van der Waals surface area contributed by atoms with Crippen molar-refractivity contribution < 1.29 is 25.2 Å². The summed E-state index contributed by atoms with van der Waals surface area (Å²) < 4.78 is 0. The van der Waals surface area contributed by atoms with E-state index >= 15 is 0 Å². The molecular weight excluding hydrogens is 164 g/mol. The van der Waals surface area contributed by atoms with Gasteiger partial charge >= 0.3 is 0 Å². The minimum Gasteiger partial charge on any atom is -0.394 e. The topological polar surface area (TPSA) is 98.0 Å². The molecule has 4 N–H and O–H groups in total. The van der Waals surface area contributed by atoms with Crippen molar-refractivity contribution in [3.63, 3.8) is 0 Å². The second kappa shape index (κ2) is 8.35. The first-order chi connectivity index (χ1) is 5.63. The molecule has 0 aliphatic rings. The first-order valence-corrected chi connectivity index (χ1v) is 3.23. The van der Waals surface area contributed by atoms with E-state index in [2.05, 4.69) is 13.2 Å². The van der Waals surface area contributed by atoms with Crippen LogP contribution in [0.1, 0.15) is 0 Å². The fourth-order valence-electron chi connectivity index (χ4n) is 0.416. The molecule has 0 bridgehead atoms. The maximum atomic E-state index is 9.76. The first kappa shape index (κ1) is 13.8. The summed E-state index contributed by atoms with van der Waals surface area (Å²) >= 11 is 0. The van der Waals surface area contributed by atoms with Crippen molar-refractivity contribution in [1.82, 2.24) is 0 Å². The molecule has 0 saturated carbocycles. The number of aliphatic hydroxyl groups excluding tert-OH is 4. The molecule has 0 amide bonds. The second-order valence-electron chi connectivity index (χ2n) is 1.87. The molecule has 0 aliphatic heterocycles. The molecule has 0 aromatic rings. The smallest absolute Gasteiger partial charge is 0.151 e. The van der Waals surface area contributed by atoms with Crippen LogP contribution in [-0.4, -0.2) is 51.6 Å². The first-order valence-electron chi connectivity index (χ1n) is 3.23. The minimum atomic E-state index is -1.64. The van der Waals surface area contributed by atoms with Crippen LogP contribution in [0.3, 0.4) is 0 Å². The Labute approximate surface area is 70.6 Å². The van der Waals surface area contributed by atoms with E-state index in [1.807, 2.05) is 0 Å². The minimum absolute atomic E-state index is 0.0869. The molecule has 72 valence electrons. The maximum absolute atomic E-state index is 9.76. The molecule has 0 radical (unpaired) electrons. The molecule has 3 atom stereocenters. The van der Waals surface area contributed by atoms with E-state index in [9.17, 15) is 4.79 Å². The van der Waals surface area contributed by atoms with Gasteiger partial charge in [-0.15, -0.1) is 13.2 Å². The van der Waals surface area contributed by atoms with Crippen LogP contribution in [-0.2, 0) is 4.79 Å². The van der Waals surface area contributed by atoms with Gasteiger partial charge in [-0.25, -0.2) is 0 Å². The van der Waals surface area contributed by atoms with Gasteiger partial charge in [-0.3, -0.25) is 0 Å². The SMILES string of the molecule is C=C.O=C[C@@H](O)[C@H](O)[C@H](O)CO. The van der Waals surface area contributed by atoms with Crippen LogP contribution in [0, 0.1) is 0 Å². The van der Waals surface area contributed by atoms with Gasteiger partial charge in [0.25, 0.3) is 0 Å². The summed E-state index contributed by atoms with van der Waals surface area (Å²) in [7, 11) is 0. The third-order valence-electron chi connectivity index (χ3n) is 1.07. The van der Waals surface area contributed by atoms with Crippen molar-refractivity contribution in [3.05, 3.63) is 13.2 Å². The van der Waals surface area contributed by atoms with Gasteiger partial charge in [0.15, 0.2) is 6.29 Å². The molecule has 5 nitrogen and oxygen atoms in total. The molecule has 0 aromatic carbocycles. The molecule has 12 heavy (non-hydrogen) atoms. The van der Waals surface area contributed by atoms with Crippen molar-refractivity contribution in [2.75, 3.05) is 6.61 Å². The molecule has 0 aromatic heterocycles. The Bertz CT molecular complexity index is 116. The third-order valence-corrected chi connectivity index (χ3v) is 1.07. The standard InChI is InChI=1S/C5H10O5.C2H4/c6-1-3(8)5(10)4(9)2-7;1-2/h1,3-5,7-10H,2H2;1-2H2/t3-,4-,5+;/m1./s1. The molecule has 0 rings (SSSR count). The predicted octanol–water partition coefficient (Wildman–Crippen LogP) is -1.94. The quantitative estimate of drug-likeness (QED) is 0.296. The molecule has 0 saturated heterocycles. The van der Waals surface area contributed by atoms with Crippen LogP contribution in [0.5, 0.6) is 0 Å². The van der Waals surface area contributed by atoms with Gasteiger partial charge in [0, 0.05) is 0 Å². The van der Waals surface area contributed by atoms with Crippen molar-refractivity contribution in [2.45, 2.75) is 18.3 Å². The van der Waals surface area contributed by atoms with Crippen molar-refractivity contribution in [1.29, 1.82) is 0 Å². The van der Waals surface area contributed by atoms with E-state index in [0.29, 0.717) is 0 Å². The number of carbonyl (C=O) groups excluding carboxylic acids is 1. The zero-order valence-electron chi connectivity index (χ0n) is 6.63. The molecule has 0 fully saturated rings. The summed E-state index contributed by atoms with van der Waals surface area (Å²) in [4.78, 5) is 9.76. The van der Waals surface area contributed by atoms with Crippen LogP contribution in [0.4, 0.5) is 0 Å². The monoisotopic (exact) mass is 178 g/mol. The van der Waals surface area contributed by atoms with Gasteiger partial charge in [0.1, 0.15) is 18.3 Å². The summed E-state index contributed by atoms with van der Waals surface area (Å²) in [6.45, 7) is 5.31. The van der Waals surface area contributed by atoms with Crippen LogP contribution >= 0.6 is 0 Å². The molecular formula is C7H14O5. The highest BCUT2D eigenvalue weighted by Crippen LogP contribution is 1.96. The number of hydrogen-bond donors (Lipinski definition) is 4. The Morgan fingerprint density at radius 2 is 1.67 bits per heavy atom. The zero-order chi connectivity index (χ0) is 10.1. The maximum Gasteiger partial charge on any atom is 0.151 e. The predicted molar refractivity (Wildman–Crippen MR) is 42.4 cm³/mol. The molecule has 0 heterocycles. The number of aliphatic hydroxyl groups is 4. The van der Waals surface area contributed by atoms with Crippen molar-refractivity contribution in [3.8, 4) is 0 Å². The Morgan fingerprint density at radius 1 is 1.25 bits per heavy atom. The van der Waals surface area contributed by atoms with Gasteiger partial charge < -0.3 is 25.2 Å². The Hall–Kier alpha value is -0.750. The van der Waals surface area contributed by atoms with Crippen LogP contribution < -0.4 is 0 Å². The van der Waals surface area contributed by atoms with Crippen LogP contribution in [0.2, 0.25) is 0 Å². The summed E-state index contributed by atoms with van der Waals surface area (Å²) in [5.74, 6) is 0. The van der Waals surface area contributed by atoms with Gasteiger partial charge in [0.05, 0.1) is 6.61 Å². The van der Waals surface area contributed by atoms with Crippen molar-refractivity contribution >= 4 is 6.29 Å². The summed E-state index contributed by atoms with van der Waals surface area (Å²) in [5, 5.41) is 34.1. The highest BCUT2D eigenvalue weighted by molar-refractivity contribution is 5.56. The molecule has 0 spiro atoms. The Balaban J connectivity index is 0. The average Bonchev–Trinajstić information content (AvgIpc) is 2.17. The van der Waals surface area contributed by atoms with E-state index in [1.165, 1.54) is 0 Å². The Kier molecular flexibility index (Phi) is 9.61. The lowest BCUT2D eigenvalue weighted by Crippen LogP contribution is -2.40. The van der Waals surface area contributed by atoms with Gasteiger partial charge in [-0.1, -0.05) is 0 Å². The van der Waals surface area contributed by atoms with Crippen LogP contribution in [0.25, 0.3) is 0 Å². The zero-order valence-corrected chi connectivity index (χ0v) is 6.63. The summed E-state index contributed by atoms with van der Waals surface area (Å²) in [5.41, 5.74) is 0. The fraction of sp³-hybridized carbons (Fsp3) is 0.571. The lowest BCUT2D eigenvalue weighted by Gasteiger charge is -2.16. The largest absolute Gasteiger partial charge is 0.394 e. The van der Waals surface area contributed by atoms with E-state index in [1.54, 1.807) is 0 Å². The number of hydrogen-bond acceptors (Lipinski definition) is 5. The molecule has 0 aliphatic carbocycles. The van der Waals surface area contributed by atoms with Crippen LogP contribution in [0.15, 0.2) is 13.2 Å². The summed E-state index contributed by atoms with van der Waals surface area (Å²) in [6, 6.07) is 0. The van der Waals surface area contributed by atoms with Gasteiger partial charge in [0.2, 0.25) is 0 Å². The number of rotatable bonds is 4. The van der Waals surface area contributed by atoms with E-state index in [-0.39, 0.29) is 6.29 Å². The van der Waals surface area contributed by atoms with Crippen molar-refractivity contribution in [2.24, 2.45) is 0 Å². The average molecular weight is 178 g/mol. The van der Waals surface area contributed by atoms with Gasteiger partial charge in [-0.05, 0) is 0 Å². The van der Waals surface area contributed by atoms with E-state index in [4.69, 9.17) is 20.4 Å². The lowest BCUT2D eigenvalue weighted by atomic mass is 10.1. The van der Waals surface area contributed by atoms with Gasteiger partial charge in [-0.2, -0.15) is 0 Å². The fourth-order valence-corrected chi connectivity index (χ4v) is 0.416. The second-order valence-corrected chi connectivity index (χ2v) is 1.87. The highest BCUT2D eigenvalue weighted by Gasteiger charge is 2.22. The normalized spacial score (nSPS) is 16.7. The third kappa shape index (κ3) is 4.97. The highest BCUT2D eigenvalue weighted by atomic mass is 16.4. The molecule has 5 heteroatoms. The number of aldehydes is 1. The van der Waals surface area contributed by atoms with E-state index < -0.39 is 24.9 Å².